The van der Waals surface area contributed by atoms with Gasteiger partial charge in [0.15, 0.2) is 0 Å². The highest BCUT2D eigenvalue weighted by Gasteiger charge is 2.07. The smallest absolute Gasteiger partial charge is 0.226 e. The van der Waals surface area contributed by atoms with E-state index in [0.717, 1.165) is 0 Å². The zero-order chi connectivity index (χ0) is 9.84. The SMILES string of the molecule is COc1ccc(F)c(CC(=O)Cl)c1. The van der Waals surface area contributed by atoms with Gasteiger partial charge in [-0.25, -0.2) is 4.39 Å². The van der Waals surface area contributed by atoms with Crippen LogP contribution in [0.2, 0.25) is 0 Å². The molecule has 0 atom stereocenters. The number of hydrogen-bond donors (Lipinski definition) is 0. The first-order valence-electron chi connectivity index (χ1n) is 3.64. The lowest BCUT2D eigenvalue weighted by atomic mass is 10.1. The van der Waals surface area contributed by atoms with E-state index in [4.69, 9.17) is 16.3 Å². The van der Waals surface area contributed by atoms with Crippen LogP contribution < -0.4 is 4.74 Å². The molecular formula is C9H8ClFO2. The van der Waals surface area contributed by atoms with Crippen molar-refractivity contribution in [1.82, 2.24) is 0 Å². The highest BCUT2D eigenvalue weighted by molar-refractivity contribution is 6.63. The molecule has 1 aromatic carbocycles. The molecule has 0 spiro atoms. The molecule has 0 aromatic heterocycles. The molecule has 0 saturated heterocycles. The fourth-order valence-electron chi connectivity index (χ4n) is 0.963. The van der Waals surface area contributed by atoms with E-state index in [1.54, 1.807) is 0 Å². The van der Waals surface area contributed by atoms with Gasteiger partial charge in [0.2, 0.25) is 5.24 Å². The molecule has 0 radical (unpaired) electrons. The maximum absolute atomic E-state index is 13.0. The molecular weight excluding hydrogens is 195 g/mol. The van der Waals surface area contributed by atoms with E-state index in [1.165, 1.54) is 25.3 Å². The monoisotopic (exact) mass is 202 g/mol. The van der Waals surface area contributed by atoms with Crippen molar-refractivity contribution in [3.63, 3.8) is 0 Å². The van der Waals surface area contributed by atoms with E-state index in [-0.39, 0.29) is 12.0 Å². The number of benzene rings is 1. The molecule has 1 aromatic rings. The second-order valence-corrected chi connectivity index (χ2v) is 2.91. The van der Waals surface area contributed by atoms with Gasteiger partial charge in [-0.1, -0.05) is 0 Å². The van der Waals surface area contributed by atoms with Crippen molar-refractivity contribution in [2.24, 2.45) is 0 Å². The molecule has 0 aliphatic rings. The molecule has 13 heavy (non-hydrogen) atoms. The first-order chi connectivity index (χ1) is 6.13. The van der Waals surface area contributed by atoms with Gasteiger partial charge >= 0.3 is 0 Å². The van der Waals surface area contributed by atoms with Crippen LogP contribution in [0, 0.1) is 5.82 Å². The predicted molar refractivity (Wildman–Crippen MR) is 47.5 cm³/mol. The van der Waals surface area contributed by atoms with Crippen LogP contribution >= 0.6 is 11.6 Å². The van der Waals surface area contributed by atoms with Crippen LogP contribution in [0.25, 0.3) is 0 Å². The molecule has 0 aliphatic heterocycles. The largest absolute Gasteiger partial charge is 0.497 e. The van der Waals surface area contributed by atoms with Crippen LogP contribution in [0.4, 0.5) is 4.39 Å². The third kappa shape index (κ3) is 2.70. The van der Waals surface area contributed by atoms with E-state index in [9.17, 15) is 9.18 Å². The Labute approximate surface area is 80.3 Å². The minimum Gasteiger partial charge on any atom is -0.497 e. The van der Waals surface area contributed by atoms with E-state index in [1.807, 2.05) is 0 Å². The van der Waals surface area contributed by atoms with E-state index in [2.05, 4.69) is 0 Å². The van der Waals surface area contributed by atoms with Gasteiger partial charge < -0.3 is 4.74 Å². The van der Waals surface area contributed by atoms with Crippen molar-refractivity contribution in [2.45, 2.75) is 6.42 Å². The van der Waals surface area contributed by atoms with Gasteiger partial charge in [0.05, 0.1) is 7.11 Å². The molecule has 2 nitrogen and oxygen atoms in total. The molecule has 4 heteroatoms. The van der Waals surface area contributed by atoms with Gasteiger partial charge in [-0.15, -0.1) is 0 Å². The Morgan fingerprint density at radius 3 is 2.85 bits per heavy atom. The Hall–Kier alpha value is -1.09. The third-order valence-corrected chi connectivity index (χ3v) is 1.72. The van der Waals surface area contributed by atoms with Crippen molar-refractivity contribution in [3.8, 4) is 5.75 Å². The fraction of sp³-hybridized carbons (Fsp3) is 0.222. The number of methoxy groups -OCH3 is 1. The summed E-state index contributed by atoms with van der Waals surface area (Å²) in [4.78, 5) is 10.5. The molecule has 0 aliphatic carbocycles. The van der Waals surface area contributed by atoms with Crippen molar-refractivity contribution >= 4 is 16.8 Å². The van der Waals surface area contributed by atoms with E-state index in [0.29, 0.717) is 5.75 Å². The number of carbonyl (C=O) groups is 1. The van der Waals surface area contributed by atoms with Crippen LogP contribution in [0.3, 0.4) is 0 Å². The normalized spacial score (nSPS) is 9.77. The highest BCUT2D eigenvalue weighted by Crippen LogP contribution is 2.17. The van der Waals surface area contributed by atoms with Gasteiger partial charge in [-0.2, -0.15) is 0 Å². The Bertz CT molecular complexity index is 325. The standard InChI is InChI=1S/C9H8ClFO2/c1-13-7-2-3-8(11)6(4-7)5-9(10)12/h2-4H,5H2,1H3. The summed E-state index contributed by atoms with van der Waals surface area (Å²) in [6.45, 7) is 0. The van der Waals surface area contributed by atoms with Gasteiger partial charge in [0.1, 0.15) is 11.6 Å². The Morgan fingerprint density at radius 1 is 1.62 bits per heavy atom. The maximum atomic E-state index is 13.0. The second kappa shape index (κ2) is 4.23. The Balaban J connectivity index is 2.96. The van der Waals surface area contributed by atoms with Crippen LogP contribution in [-0.2, 0) is 11.2 Å². The van der Waals surface area contributed by atoms with Gasteiger partial charge in [0.25, 0.3) is 0 Å². The zero-order valence-electron chi connectivity index (χ0n) is 7.01. The average molecular weight is 203 g/mol. The Kier molecular flexibility index (Phi) is 3.25. The van der Waals surface area contributed by atoms with Crippen LogP contribution in [0.1, 0.15) is 5.56 Å². The predicted octanol–water partition coefficient (Wildman–Crippen LogP) is 2.14. The molecule has 1 rings (SSSR count). The van der Waals surface area contributed by atoms with E-state index < -0.39 is 11.1 Å². The van der Waals surface area contributed by atoms with Gasteiger partial charge in [-0.3, -0.25) is 4.79 Å². The van der Waals surface area contributed by atoms with Crippen molar-refractivity contribution in [2.75, 3.05) is 7.11 Å². The molecule has 0 heterocycles. The zero-order valence-corrected chi connectivity index (χ0v) is 7.77. The summed E-state index contributed by atoms with van der Waals surface area (Å²) < 4.78 is 17.9. The minimum absolute atomic E-state index is 0.120. The van der Waals surface area contributed by atoms with Crippen LogP contribution in [0.5, 0.6) is 5.75 Å². The summed E-state index contributed by atoms with van der Waals surface area (Å²) >= 11 is 5.13. The lowest BCUT2D eigenvalue weighted by Gasteiger charge is -2.03. The quantitative estimate of drug-likeness (QED) is 0.702. The highest BCUT2D eigenvalue weighted by atomic mass is 35.5. The average Bonchev–Trinajstić information content (AvgIpc) is 2.08. The van der Waals surface area contributed by atoms with Crippen molar-refractivity contribution in [1.29, 1.82) is 0 Å². The van der Waals surface area contributed by atoms with E-state index >= 15 is 0 Å². The molecule has 0 N–H and O–H groups in total. The number of rotatable bonds is 3. The molecule has 70 valence electrons. The number of hydrogen-bond acceptors (Lipinski definition) is 2. The lowest BCUT2D eigenvalue weighted by molar-refractivity contribution is -0.111. The number of halogens is 2. The summed E-state index contributed by atoms with van der Waals surface area (Å²) in [7, 11) is 1.47. The molecule has 0 amide bonds. The molecule has 0 unspecified atom stereocenters. The molecule has 0 saturated carbocycles. The van der Waals surface area contributed by atoms with Crippen LogP contribution in [0.15, 0.2) is 18.2 Å². The Morgan fingerprint density at radius 2 is 2.31 bits per heavy atom. The summed E-state index contributed by atoms with van der Waals surface area (Å²) in [5, 5.41) is -0.591. The first-order valence-corrected chi connectivity index (χ1v) is 4.02. The molecule has 0 fully saturated rings. The van der Waals surface area contributed by atoms with Crippen molar-refractivity contribution in [3.05, 3.63) is 29.6 Å². The van der Waals surface area contributed by atoms with Crippen LogP contribution in [-0.4, -0.2) is 12.4 Å². The number of carbonyl (C=O) groups excluding carboxylic acids is 1. The van der Waals surface area contributed by atoms with Crippen molar-refractivity contribution < 1.29 is 13.9 Å². The summed E-state index contributed by atoms with van der Waals surface area (Å²) in [6, 6.07) is 4.18. The third-order valence-electron chi connectivity index (χ3n) is 1.58. The molecule has 0 bridgehead atoms. The summed E-state index contributed by atoms with van der Waals surface area (Å²) in [5.74, 6) is 0.0594. The lowest BCUT2D eigenvalue weighted by Crippen LogP contribution is -1.97. The first kappa shape index (κ1) is 9.99. The fourth-order valence-corrected chi connectivity index (χ4v) is 1.11. The second-order valence-electron chi connectivity index (χ2n) is 2.49. The van der Waals surface area contributed by atoms with Gasteiger partial charge in [0, 0.05) is 12.0 Å². The van der Waals surface area contributed by atoms with Gasteiger partial charge in [-0.05, 0) is 29.8 Å². The number of ether oxygens (including phenoxy) is 1. The topological polar surface area (TPSA) is 26.3 Å². The minimum atomic E-state index is -0.591. The summed E-state index contributed by atoms with van der Waals surface area (Å²) in [5.41, 5.74) is 0.249. The summed E-state index contributed by atoms with van der Waals surface area (Å²) in [6.07, 6.45) is -0.120. The maximum Gasteiger partial charge on any atom is 0.226 e.